The molecule has 4 aliphatic rings. The standard InChI is InChI=1S/C16H22N2O2/c1-5-7-16-12(11(2)3)10-15(13(19)17(16)4)8-6-9-18(15)14(16)20/h5,12H,1-2,6-10H2,3-4H3/t12-,15-,16+/m1/s1. The maximum Gasteiger partial charge on any atom is 0.250 e. The van der Waals surface area contributed by atoms with E-state index in [1.807, 2.05) is 11.8 Å². The molecule has 2 bridgehead atoms. The van der Waals surface area contributed by atoms with Gasteiger partial charge in [0.2, 0.25) is 11.8 Å². The molecule has 0 aromatic heterocycles. The zero-order valence-electron chi connectivity index (χ0n) is 12.3. The van der Waals surface area contributed by atoms with Gasteiger partial charge in [0.15, 0.2) is 0 Å². The Bertz CT molecular complexity index is 527. The number of piperazine rings is 1. The molecule has 0 N–H and O–H groups in total. The fourth-order valence-corrected chi connectivity index (χ4v) is 4.62. The zero-order valence-corrected chi connectivity index (χ0v) is 12.3. The second kappa shape index (κ2) is 3.96. The summed E-state index contributed by atoms with van der Waals surface area (Å²) in [5.41, 5.74) is -0.403. The summed E-state index contributed by atoms with van der Waals surface area (Å²) < 4.78 is 0. The highest BCUT2D eigenvalue weighted by atomic mass is 16.2. The molecule has 0 unspecified atom stereocenters. The molecule has 0 radical (unpaired) electrons. The van der Waals surface area contributed by atoms with Crippen LogP contribution in [0.3, 0.4) is 0 Å². The Morgan fingerprint density at radius 2 is 2.15 bits per heavy atom. The lowest BCUT2D eigenvalue weighted by Crippen LogP contribution is -2.81. The normalized spacial score (nSPS) is 39.2. The minimum atomic E-state index is -0.795. The summed E-state index contributed by atoms with van der Waals surface area (Å²) in [6.07, 6.45) is 4.68. The van der Waals surface area contributed by atoms with Crippen molar-refractivity contribution >= 4 is 11.8 Å². The highest BCUT2D eigenvalue weighted by Crippen LogP contribution is 2.55. The first-order valence-electron chi connectivity index (χ1n) is 7.28. The Hall–Kier alpha value is -1.58. The molecule has 4 aliphatic heterocycles. The van der Waals surface area contributed by atoms with Gasteiger partial charge in [-0.25, -0.2) is 0 Å². The number of hydrogen-bond acceptors (Lipinski definition) is 2. The van der Waals surface area contributed by atoms with Gasteiger partial charge in [-0.2, -0.15) is 0 Å². The van der Waals surface area contributed by atoms with Gasteiger partial charge in [0.1, 0.15) is 11.1 Å². The lowest BCUT2D eigenvalue weighted by Gasteiger charge is -2.63. The molecular formula is C16H22N2O2. The third-order valence-electron chi connectivity index (χ3n) is 5.57. The monoisotopic (exact) mass is 274 g/mol. The molecule has 4 heterocycles. The van der Waals surface area contributed by atoms with E-state index in [9.17, 15) is 9.59 Å². The van der Waals surface area contributed by atoms with E-state index in [2.05, 4.69) is 13.2 Å². The third-order valence-corrected chi connectivity index (χ3v) is 5.57. The number of nitrogens with zero attached hydrogens (tertiary/aromatic N) is 2. The van der Waals surface area contributed by atoms with Crippen molar-refractivity contribution in [3.8, 4) is 0 Å². The lowest BCUT2D eigenvalue weighted by molar-refractivity contribution is -0.192. The maximum absolute atomic E-state index is 13.1. The van der Waals surface area contributed by atoms with Crippen molar-refractivity contribution in [3.63, 3.8) is 0 Å². The molecule has 4 heteroatoms. The molecule has 0 aromatic carbocycles. The summed E-state index contributed by atoms with van der Waals surface area (Å²) in [4.78, 5) is 29.5. The second-order valence-electron chi connectivity index (χ2n) is 6.48. The molecule has 0 aromatic rings. The van der Waals surface area contributed by atoms with E-state index in [1.54, 1.807) is 18.0 Å². The van der Waals surface area contributed by atoms with Crippen molar-refractivity contribution in [2.24, 2.45) is 5.92 Å². The van der Waals surface area contributed by atoms with Crippen LogP contribution in [0.15, 0.2) is 24.8 Å². The number of carbonyl (C=O) groups excluding carboxylic acids is 2. The minimum absolute atomic E-state index is 0.0325. The molecule has 4 nitrogen and oxygen atoms in total. The summed E-state index contributed by atoms with van der Waals surface area (Å²) in [5.74, 6) is 0.232. The van der Waals surface area contributed by atoms with Gasteiger partial charge in [-0.1, -0.05) is 18.2 Å². The average molecular weight is 274 g/mol. The van der Waals surface area contributed by atoms with Crippen LogP contribution in [0.4, 0.5) is 0 Å². The smallest absolute Gasteiger partial charge is 0.250 e. The van der Waals surface area contributed by atoms with Gasteiger partial charge in [-0.05, 0) is 32.6 Å². The molecule has 20 heavy (non-hydrogen) atoms. The Morgan fingerprint density at radius 1 is 1.45 bits per heavy atom. The van der Waals surface area contributed by atoms with Gasteiger partial charge >= 0.3 is 0 Å². The van der Waals surface area contributed by atoms with Gasteiger partial charge in [0.25, 0.3) is 0 Å². The number of likely N-dealkylation sites (N-methyl/N-ethyl adjacent to an activating group) is 1. The second-order valence-corrected chi connectivity index (χ2v) is 6.48. The number of carbonyl (C=O) groups is 2. The largest absolute Gasteiger partial charge is 0.328 e. The summed E-state index contributed by atoms with van der Waals surface area (Å²) in [6.45, 7) is 10.6. The first-order valence-corrected chi connectivity index (χ1v) is 7.28. The number of fused-ring (bicyclic) bond motifs is 2. The Labute approximate surface area is 120 Å². The van der Waals surface area contributed by atoms with Crippen LogP contribution in [0.2, 0.25) is 0 Å². The quantitative estimate of drug-likeness (QED) is 0.735. The Balaban J connectivity index is 2.21. The Kier molecular flexibility index (Phi) is 2.66. The van der Waals surface area contributed by atoms with Gasteiger partial charge in [-0.15, -0.1) is 6.58 Å². The van der Waals surface area contributed by atoms with Crippen LogP contribution in [-0.4, -0.2) is 46.3 Å². The fraction of sp³-hybridized carbons (Fsp3) is 0.625. The maximum atomic E-state index is 13.1. The average Bonchev–Trinajstić information content (AvgIpc) is 2.83. The van der Waals surface area contributed by atoms with Crippen LogP contribution in [0.1, 0.15) is 32.6 Å². The van der Waals surface area contributed by atoms with Crippen molar-refractivity contribution < 1.29 is 9.59 Å². The van der Waals surface area contributed by atoms with E-state index in [0.717, 1.165) is 24.8 Å². The Morgan fingerprint density at radius 3 is 2.75 bits per heavy atom. The van der Waals surface area contributed by atoms with Crippen LogP contribution >= 0.6 is 0 Å². The SMILES string of the molecule is C=CC[C@@]12C(=O)N3CCC[C@@]3(C[C@@H]1C(=C)C)C(=O)N2C. The zero-order chi connectivity index (χ0) is 14.7. The van der Waals surface area contributed by atoms with E-state index in [-0.39, 0.29) is 17.7 Å². The summed E-state index contributed by atoms with van der Waals surface area (Å²) in [5, 5.41) is 0. The molecule has 4 fully saturated rings. The van der Waals surface area contributed by atoms with Crippen molar-refractivity contribution in [2.75, 3.05) is 13.6 Å². The molecule has 4 saturated heterocycles. The molecule has 0 saturated carbocycles. The van der Waals surface area contributed by atoms with Crippen LogP contribution < -0.4 is 0 Å². The summed E-state index contributed by atoms with van der Waals surface area (Å²) >= 11 is 0. The first-order chi connectivity index (χ1) is 9.41. The topological polar surface area (TPSA) is 40.6 Å². The predicted octanol–water partition coefficient (Wildman–Crippen LogP) is 1.73. The molecule has 2 amide bonds. The number of amides is 2. The van der Waals surface area contributed by atoms with Crippen LogP contribution in [0, 0.1) is 5.92 Å². The van der Waals surface area contributed by atoms with Gasteiger partial charge in [-0.3, -0.25) is 9.59 Å². The van der Waals surface area contributed by atoms with E-state index in [0.29, 0.717) is 13.0 Å². The molecule has 108 valence electrons. The van der Waals surface area contributed by atoms with E-state index < -0.39 is 11.1 Å². The van der Waals surface area contributed by atoms with Crippen LogP contribution in [-0.2, 0) is 9.59 Å². The van der Waals surface area contributed by atoms with Crippen LogP contribution in [0.5, 0.6) is 0 Å². The van der Waals surface area contributed by atoms with Crippen molar-refractivity contribution in [1.29, 1.82) is 0 Å². The summed E-state index contributed by atoms with van der Waals surface area (Å²) in [6, 6.07) is 0. The third kappa shape index (κ3) is 1.23. The lowest BCUT2D eigenvalue weighted by atomic mass is 9.61. The molecule has 1 spiro atoms. The molecular weight excluding hydrogens is 252 g/mol. The number of rotatable bonds is 3. The highest BCUT2D eigenvalue weighted by molar-refractivity contribution is 6.05. The van der Waals surface area contributed by atoms with Gasteiger partial charge in [0.05, 0.1) is 0 Å². The minimum Gasteiger partial charge on any atom is -0.328 e. The van der Waals surface area contributed by atoms with E-state index >= 15 is 0 Å². The van der Waals surface area contributed by atoms with Gasteiger partial charge < -0.3 is 9.80 Å². The van der Waals surface area contributed by atoms with Crippen LogP contribution in [0.25, 0.3) is 0 Å². The highest BCUT2D eigenvalue weighted by Gasteiger charge is 2.70. The van der Waals surface area contributed by atoms with E-state index in [4.69, 9.17) is 0 Å². The van der Waals surface area contributed by atoms with Gasteiger partial charge in [0, 0.05) is 19.5 Å². The molecule has 0 aliphatic carbocycles. The van der Waals surface area contributed by atoms with Crippen molar-refractivity contribution in [3.05, 3.63) is 24.8 Å². The predicted molar refractivity (Wildman–Crippen MR) is 76.9 cm³/mol. The summed E-state index contributed by atoms with van der Waals surface area (Å²) in [7, 11) is 1.77. The number of hydrogen-bond donors (Lipinski definition) is 0. The van der Waals surface area contributed by atoms with Crippen molar-refractivity contribution in [2.45, 2.75) is 43.7 Å². The van der Waals surface area contributed by atoms with E-state index in [1.165, 1.54) is 0 Å². The fourth-order valence-electron chi connectivity index (χ4n) is 4.62. The number of piperidine rings is 2. The van der Waals surface area contributed by atoms with Crippen molar-refractivity contribution in [1.82, 2.24) is 9.80 Å². The molecule has 3 atom stereocenters. The molecule has 4 rings (SSSR count). The first kappa shape index (κ1) is 13.4.